The Kier molecular flexibility index (Phi) is 5.58. The van der Waals surface area contributed by atoms with E-state index in [0.717, 1.165) is 22.9 Å². The quantitative estimate of drug-likeness (QED) is 0.878. The number of carbonyl (C=O) groups is 1. The normalized spacial score (nSPS) is 12.2. The Morgan fingerprint density at radius 3 is 2.94 bits per heavy atom. The minimum atomic E-state index is -0.0106. The molecule has 0 aliphatic heterocycles. The molecule has 1 aromatic heterocycles. The summed E-state index contributed by atoms with van der Waals surface area (Å²) in [6.07, 6.45) is 3.82. The second kappa shape index (κ2) is 6.71. The molecule has 1 rings (SSSR count). The van der Waals surface area contributed by atoms with Gasteiger partial charge >= 0.3 is 0 Å². The van der Waals surface area contributed by atoms with Crippen LogP contribution in [0.4, 0.5) is 5.82 Å². The molecule has 17 heavy (non-hydrogen) atoms. The molecule has 0 aromatic carbocycles. The number of hydrogen-bond donors (Lipinski definition) is 2. The van der Waals surface area contributed by atoms with Crippen LogP contribution in [0.15, 0.2) is 16.7 Å². The number of amides is 1. The molecular weight excluding hydrogens is 282 g/mol. The zero-order chi connectivity index (χ0) is 12.8. The van der Waals surface area contributed by atoms with Crippen LogP contribution in [0.2, 0.25) is 0 Å². The summed E-state index contributed by atoms with van der Waals surface area (Å²) < 4.78 is 0.907. The summed E-state index contributed by atoms with van der Waals surface area (Å²) in [7, 11) is 0. The van der Waals surface area contributed by atoms with Gasteiger partial charge in [0, 0.05) is 23.1 Å². The molecule has 3 N–H and O–H groups in total. The van der Waals surface area contributed by atoms with Crippen LogP contribution in [-0.2, 0) is 4.79 Å². The van der Waals surface area contributed by atoms with Gasteiger partial charge in [-0.2, -0.15) is 0 Å². The third-order valence-electron chi connectivity index (χ3n) is 2.37. The third-order valence-corrected chi connectivity index (χ3v) is 2.80. The SMILES string of the molecule is Cc1cc(Br)cnc1NC(=O)CCCC(C)N. The molecule has 0 radical (unpaired) electrons. The maximum Gasteiger partial charge on any atom is 0.225 e. The van der Waals surface area contributed by atoms with E-state index in [-0.39, 0.29) is 11.9 Å². The minimum absolute atomic E-state index is 0.0106. The van der Waals surface area contributed by atoms with Gasteiger partial charge in [0.05, 0.1) is 0 Å². The standard InChI is InChI=1S/C12H18BrN3O/c1-8-6-10(13)7-15-12(8)16-11(17)5-3-4-9(2)14/h6-7,9H,3-5,14H2,1-2H3,(H,15,16,17). The van der Waals surface area contributed by atoms with Crippen molar-refractivity contribution in [1.82, 2.24) is 4.98 Å². The number of nitrogens with zero attached hydrogens (tertiary/aromatic N) is 1. The fraction of sp³-hybridized carbons (Fsp3) is 0.500. The lowest BCUT2D eigenvalue weighted by Gasteiger charge is -2.08. The fourth-order valence-electron chi connectivity index (χ4n) is 1.45. The molecular formula is C12H18BrN3O. The van der Waals surface area contributed by atoms with Crippen molar-refractivity contribution in [2.45, 2.75) is 39.2 Å². The molecule has 4 nitrogen and oxygen atoms in total. The highest BCUT2D eigenvalue weighted by Gasteiger charge is 2.06. The van der Waals surface area contributed by atoms with Crippen molar-refractivity contribution in [3.63, 3.8) is 0 Å². The number of nitrogens with two attached hydrogens (primary N) is 1. The molecule has 0 saturated carbocycles. The van der Waals surface area contributed by atoms with Gasteiger partial charge in [-0.25, -0.2) is 4.98 Å². The first kappa shape index (κ1) is 14.1. The Morgan fingerprint density at radius 2 is 2.35 bits per heavy atom. The molecule has 0 aliphatic rings. The summed E-state index contributed by atoms with van der Waals surface area (Å²) in [4.78, 5) is 15.8. The summed E-state index contributed by atoms with van der Waals surface area (Å²) in [5, 5.41) is 2.80. The van der Waals surface area contributed by atoms with E-state index < -0.39 is 0 Å². The predicted octanol–water partition coefficient (Wildman–Crippen LogP) is 2.61. The van der Waals surface area contributed by atoms with Gasteiger partial charge < -0.3 is 11.1 Å². The van der Waals surface area contributed by atoms with Crippen LogP contribution in [0.25, 0.3) is 0 Å². The molecule has 0 saturated heterocycles. The second-order valence-corrected chi connectivity index (χ2v) is 5.15. The first-order valence-corrected chi connectivity index (χ1v) is 6.46. The van der Waals surface area contributed by atoms with E-state index in [1.807, 2.05) is 19.9 Å². The number of nitrogens with one attached hydrogen (secondary N) is 1. The van der Waals surface area contributed by atoms with E-state index in [2.05, 4.69) is 26.2 Å². The molecule has 0 fully saturated rings. The number of hydrogen-bond acceptors (Lipinski definition) is 3. The van der Waals surface area contributed by atoms with E-state index in [9.17, 15) is 4.79 Å². The van der Waals surface area contributed by atoms with Crippen molar-refractivity contribution in [2.24, 2.45) is 5.73 Å². The predicted molar refractivity (Wildman–Crippen MR) is 72.8 cm³/mol. The van der Waals surface area contributed by atoms with Crippen molar-refractivity contribution in [2.75, 3.05) is 5.32 Å². The van der Waals surface area contributed by atoms with Gasteiger partial charge in [-0.15, -0.1) is 0 Å². The van der Waals surface area contributed by atoms with E-state index in [0.29, 0.717) is 12.2 Å². The van der Waals surface area contributed by atoms with Gasteiger partial charge in [0.1, 0.15) is 5.82 Å². The van der Waals surface area contributed by atoms with Crippen LogP contribution < -0.4 is 11.1 Å². The van der Waals surface area contributed by atoms with E-state index in [1.54, 1.807) is 6.20 Å². The number of aromatic nitrogens is 1. The monoisotopic (exact) mass is 299 g/mol. The maximum atomic E-state index is 11.6. The van der Waals surface area contributed by atoms with Crippen molar-refractivity contribution >= 4 is 27.7 Å². The second-order valence-electron chi connectivity index (χ2n) is 4.24. The fourth-order valence-corrected chi connectivity index (χ4v) is 1.90. The lowest BCUT2D eigenvalue weighted by molar-refractivity contribution is -0.116. The van der Waals surface area contributed by atoms with Crippen molar-refractivity contribution in [3.8, 4) is 0 Å². The first-order valence-electron chi connectivity index (χ1n) is 5.66. The Labute approximate surface area is 110 Å². The average molecular weight is 300 g/mol. The summed E-state index contributed by atoms with van der Waals surface area (Å²) in [6, 6.07) is 2.07. The molecule has 0 spiro atoms. The molecule has 1 aromatic rings. The zero-order valence-electron chi connectivity index (χ0n) is 10.2. The van der Waals surface area contributed by atoms with E-state index in [4.69, 9.17) is 5.73 Å². The van der Waals surface area contributed by atoms with E-state index in [1.165, 1.54) is 0 Å². The van der Waals surface area contributed by atoms with Gasteiger partial charge in [-0.1, -0.05) is 0 Å². The molecule has 5 heteroatoms. The molecule has 1 unspecified atom stereocenters. The lowest BCUT2D eigenvalue weighted by Crippen LogP contribution is -2.17. The average Bonchev–Trinajstić information content (AvgIpc) is 2.21. The molecule has 1 atom stereocenters. The van der Waals surface area contributed by atoms with Gasteiger partial charge in [0.25, 0.3) is 0 Å². The Morgan fingerprint density at radius 1 is 1.65 bits per heavy atom. The number of rotatable bonds is 5. The van der Waals surface area contributed by atoms with Gasteiger partial charge in [0.2, 0.25) is 5.91 Å². The molecule has 1 amide bonds. The van der Waals surface area contributed by atoms with Crippen LogP contribution in [0.5, 0.6) is 0 Å². The largest absolute Gasteiger partial charge is 0.328 e. The smallest absolute Gasteiger partial charge is 0.225 e. The number of carbonyl (C=O) groups excluding carboxylic acids is 1. The highest BCUT2D eigenvalue weighted by Crippen LogP contribution is 2.17. The lowest BCUT2D eigenvalue weighted by atomic mass is 10.1. The molecule has 1 heterocycles. The number of aryl methyl sites for hydroxylation is 1. The van der Waals surface area contributed by atoms with Crippen LogP contribution in [0, 0.1) is 6.92 Å². The van der Waals surface area contributed by atoms with Crippen molar-refractivity contribution in [1.29, 1.82) is 0 Å². The highest BCUT2D eigenvalue weighted by molar-refractivity contribution is 9.10. The third kappa shape index (κ3) is 5.28. The highest BCUT2D eigenvalue weighted by atomic mass is 79.9. The maximum absolute atomic E-state index is 11.6. The summed E-state index contributed by atoms with van der Waals surface area (Å²) in [6.45, 7) is 3.85. The Bertz CT molecular complexity index is 393. The minimum Gasteiger partial charge on any atom is -0.328 e. The van der Waals surface area contributed by atoms with Crippen molar-refractivity contribution < 1.29 is 4.79 Å². The Balaban J connectivity index is 2.45. The molecule has 0 aliphatic carbocycles. The molecule has 0 bridgehead atoms. The van der Waals surface area contributed by atoms with Gasteiger partial charge in [-0.3, -0.25) is 4.79 Å². The summed E-state index contributed by atoms with van der Waals surface area (Å²) in [5.74, 6) is 0.613. The zero-order valence-corrected chi connectivity index (χ0v) is 11.8. The van der Waals surface area contributed by atoms with Crippen molar-refractivity contribution in [3.05, 3.63) is 22.3 Å². The molecule has 94 valence electrons. The first-order chi connectivity index (χ1) is 7.99. The van der Waals surface area contributed by atoms with Crippen LogP contribution in [0.1, 0.15) is 31.7 Å². The van der Waals surface area contributed by atoms with Crippen LogP contribution >= 0.6 is 15.9 Å². The number of anilines is 1. The number of pyridine rings is 1. The van der Waals surface area contributed by atoms with Gasteiger partial charge in [0.15, 0.2) is 0 Å². The summed E-state index contributed by atoms with van der Waals surface area (Å²) in [5.41, 5.74) is 6.57. The van der Waals surface area contributed by atoms with Crippen LogP contribution in [-0.4, -0.2) is 16.9 Å². The topological polar surface area (TPSA) is 68.0 Å². The van der Waals surface area contributed by atoms with E-state index >= 15 is 0 Å². The van der Waals surface area contributed by atoms with Gasteiger partial charge in [-0.05, 0) is 54.2 Å². The van der Waals surface area contributed by atoms with Crippen LogP contribution in [0.3, 0.4) is 0 Å². The summed E-state index contributed by atoms with van der Waals surface area (Å²) >= 11 is 3.33. The number of halogens is 1. The Hall–Kier alpha value is -0.940.